The van der Waals surface area contributed by atoms with Crippen LogP contribution in [0.1, 0.15) is 46.1 Å². The van der Waals surface area contributed by atoms with E-state index in [0.717, 1.165) is 6.08 Å². The molecule has 1 amide bonds. The number of benzene rings is 1. The molecule has 0 spiro atoms. The van der Waals surface area contributed by atoms with Crippen molar-refractivity contribution in [2.75, 3.05) is 0 Å². The molecule has 3 N–H and O–H groups in total. The molecule has 0 fully saturated rings. The monoisotopic (exact) mass is 423 g/mol. The number of aliphatic imine (C=N–C) groups is 1. The van der Waals surface area contributed by atoms with Crippen LogP contribution in [0.5, 0.6) is 0 Å². The Balaban J connectivity index is 0. The van der Waals surface area contributed by atoms with Crippen molar-refractivity contribution in [3.63, 3.8) is 0 Å². The van der Waals surface area contributed by atoms with Crippen molar-refractivity contribution in [1.82, 2.24) is 5.32 Å². The number of nitrogens with zero attached hydrogens (tertiary/aromatic N) is 1. The third-order valence-electron chi connectivity index (χ3n) is 3.43. The number of ether oxygens (including phenoxy) is 1. The molecule has 0 bridgehead atoms. The number of hydrogen-bond donors (Lipinski definition) is 2. The van der Waals surface area contributed by atoms with Gasteiger partial charge in [-0.1, -0.05) is 69.0 Å². The lowest BCUT2D eigenvalue weighted by molar-refractivity contribution is -0.119. The van der Waals surface area contributed by atoms with E-state index in [1.54, 1.807) is 6.92 Å². The summed E-state index contributed by atoms with van der Waals surface area (Å²) in [5.41, 5.74) is 6.60. The summed E-state index contributed by atoms with van der Waals surface area (Å²) in [6.07, 6.45) is 8.95. The summed E-state index contributed by atoms with van der Waals surface area (Å²) in [6, 6.07) is 10.4. The third kappa shape index (κ3) is 18.4. The highest BCUT2D eigenvalue weighted by Gasteiger charge is 2.18. The van der Waals surface area contributed by atoms with Gasteiger partial charge in [-0.25, -0.2) is 4.99 Å². The molecular weight excluding hydrogens is 388 g/mol. The molecule has 0 saturated carbocycles. The number of carbonyl (C=O) groups excluding carboxylic acids is 1. The number of carbonyl (C=O) groups is 1. The van der Waals surface area contributed by atoms with Crippen molar-refractivity contribution >= 4 is 11.9 Å². The van der Waals surface area contributed by atoms with Gasteiger partial charge in [0, 0.05) is 0 Å². The molecule has 2 rings (SSSR count). The van der Waals surface area contributed by atoms with Gasteiger partial charge in [0.15, 0.2) is 5.96 Å². The van der Waals surface area contributed by atoms with Gasteiger partial charge in [0.1, 0.15) is 11.8 Å². The Morgan fingerprint density at radius 3 is 2.13 bits per heavy atom. The summed E-state index contributed by atoms with van der Waals surface area (Å²) in [7, 11) is 0. The lowest BCUT2D eigenvalue weighted by atomic mass is 10.1. The normalized spacial score (nSPS) is 14.2. The Labute approximate surface area is 179 Å². The predicted octanol–water partition coefficient (Wildman–Crippen LogP) is 5.36. The molecule has 1 aliphatic rings. The second-order valence-electron chi connectivity index (χ2n) is 5.98. The van der Waals surface area contributed by atoms with Gasteiger partial charge >= 0.3 is 6.61 Å². The van der Waals surface area contributed by atoms with E-state index in [1.807, 2.05) is 26.0 Å². The fourth-order valence-electron chi connectivity index (χ4n) is 1.72. The van der Waals surface area contributed by atoms with Gasteiger partial charge in [0.2, 0.25) is 0 Å². The van der Waals surface area contributed by atoms with Crippen LogP contribution < -0.4 is 11.1 Å². The van der Waals surface area contributed by atoms with Crippen molar-refractivity contribution < 1.29 is 18.3 Å². The molecule has 0 aliphatic carbocycles. The Morgan fingerprint density at radius 2 is 1.87 bits per heavy atom. The molecule has 0 aromatic heterocycles. The van der Waals surface area contributed by atoms with E-state index in [2.05, 4.69) is 65.5 Å². The Kier molecular flexibility index (Phi) is 18.9. The fourth-order valence-corrected chi connectivity index (χ4v) is 1.72. The zero-order valence-corrected chi connectivity index (χ0v) is 18.4. The van der Waals surface area contributed by atoms with E-state index >= 15 is 0 Å². The summed E-state index contributed by atoms with van der Waals surface area (Å²) < 4.78 is 26.0. The molecule has 1 aliphatic heterocycles. The molecule has 168 valence electrons. The van der Waals surface area contributed by atoms with E-state index in [4.69, 9.17) is 5.73 Å². The van der Waals surface area contributed by atoms with Crippen LogP contribution >= 0.6 is 0 Å². The van der Waals surface area contributed by atoms with E-state index in [9.17, 15) is 13.6 Å². The second kappa shape index (κ2) is 19.4. The zero-order valence-electron chi connectivity index (χ0n) is 18.4. The molecule has 30 heavy (non-hydrogen) atoms. The maximum Gasteiger partial charge on any atom is 0.387 e. The average molecular weight is 424 g/mol. The SMILES string of the molecule is C/C=C\C.C=CC(=C)OC(F)F.CC1N=C(N)NC1=O.CCCCc1ccccc1. The average Bonchev–Trinajstić information content (AvgIpc) is 3.02. The van der Waals surface area contributed by atoms with Crippen LogP contribution in [-0.4, -0.2) is 24.5 Å². The van der Waals surface area contributed by atoms with Crippen molar-refractivity contribution in [1.29, 1.82) is 0 Å². The van der Waals surface area contributed by atoms with E-state index < -0.39 is 6.61 Å². The highest BCUT2D eigenvalue weighted by molar-refractivity contribution is 6.03. The number of rotatable bonds is 6. The summed E-state index contributed by atoms with van der Waals surface area (Å²) in [4.78, 5) is 14.2. The van der Waals surface area contributed by atoms with Crippen LogP contribution in [0.25, 0.3) is 0 Å². The van der Waals surface area contributed by atoms with Gasteiger partial charge in [-0.2, -0.15) is 8.78 Å². The van der Waals surface area contributed by atoms with Gasteiger partial charge in [-0.3, -0.25) is 10.1 Å². The molecule has 1 heterocycles. The van der Waals surface area contributed by atoms with Crippen molar-refractivity contribution in [2.24, 2.45) is 10.7 Å². The van der Waals surface area contributed by atoms with Crippen LogP contribution in [0.3, 0.4) is 0 Å². The number of aryl methyl sites for hydroxylation is 1. The van der Waals surface area contributed by atoms with Crippen molar-refractivity contribution in [3.8, 4) is 0 Å². The first kappa shape index (κ1) is 29.2. The lowest BCUT2D eigenvalue weighted by Gasteiger charge is -2.00. The number of amides is 1. The van der Waals surface area contributed by atoms with Gasteiger partial charge < -0.3 is 10.5 Å². The minimum absolute atomic E-state index is 0.111. The molecule has 1 aromatic carbocycles. The van der Waals surface area contributed by atoms with Crippen LogP contribution in [0, 0.1) is 0 Å². The Morgan fingerprint density at radius 1 is 1.30 bits per heavy atom. The molecule has 0 radical (unpaired) electrons. The number of unbranched alkanes of at least 4 members (excludes halogenated alkanes) is 1. The first-order chi connectivity index (χ1) is 14.2. The zero-order chi connectivity index (χ0) is 23.4. The van der Waals surface area contributed by atoms with Crippen LogP contribution in [-0.2, 0) is 16.0 Å². The number of alkyl halides is 2. The summed E-state index contributed by atoms with van der Waals surface area (Å²) in [6.45, 7) is 11.4. The maximum absolute atomic E-state index is 11.1. The molecule has 1 unspecified atom stereocenters. The third-order valence-corrected chi connectivity index (χ3v) is 3.43. The molecule has 1 atom stereocenters. The van der Waals surface area contributed by atoms with Crippen LogP contribution in [0.4, 0.5) is 8.78 Å². The second-order valence-corrected chi connectivity index (χ2v) is 5.98. The number of hydrogen-bond acceptors (Lipinski definition) is 4. The van der Waals surface area contributed by atoms with Gasteiger partial charge in [-0.15, -0.1) is 0 Å². The fraction of sp³-hybridized carbons (Fsp3) is 0.391. The maximum atomic E-state index is 11.1. The van der Waals surface area contributed by atoms with Crippen molar-refractivity contribution in [3.05, 3.63) is 73.0 Å². The lowest BCUT2D eigenvalue weighted by Crippen LogP contribution is -2.32. The minimum Gasteiger partial charge on any atom is -0.436 e. The number of allylic oxidation sites excluding steroid dienone is 3. The standard InChI is InChI=1S/C10H14.C5H6F2O.C4H7N3O.C4H8/c1-2-3-7-10-8-5-4-6-9-10;1-3-4(2)8-5(6)7;1-2-3(8)7-4(5)6-2;1-3-4-2/h4-6,8-9H,2-3,7H2,1H3;3,5H,1-2H2;2H,1H3,(H3,5,6,7,8);3-4H,1-2H3/b;;;4-3-. The van der Waals surface area contributed by atoms with Gasteiger partial charge in [0.05, 0.1) is 0 Å². The van der Waals surface area contributed by atoms with Gasteiger partial charge in [-0.05, 0) is 45.3 Å². The highest BCUT2D eigenvalue weighted by atomic mass is 19.3. The minimum atomic E-state index is -2.79. The van der Waals surface area contributed by atoms with Gasteiger partial charge in [0.25, 0.3) is 5.91 Å². The van der Waals surface area contributed by atoms with E-state index in [0.29, 0.717) is 0 Å². The smallest absolute Gasteiger partial charge is 0.387 e. The molecule has 7 heteroatoms. The summed E-state index contributed by atoms with van der Waals surface area (Å²) in [5, 5.41) is 2.36. The number of guanidine groups is 1. The molecule has 5 nitrogen and oxygen atoms in total. The van der Waals surface area contributed by atoms with Crippen molar-refractivity contribution in [2.45, 2.75) is 59.6 Å². The first-order valence-electron chi connectivity index (χ1n) is 9.73. The molecule has 0 saturated heterocycles. The summed E-state index contributed by atoms with van der Waals surface area (Å²) in [5.74, 6) is -0.00926. The number of halogens is 2. The van der Waals surface area contributed by atoms with E-state index in [-0.39, 0.29) is 23.7 Å². The number of nitrogens with two attached hydrogens (primary N) is 1. The quantitative estimate of drug-likeness (QED) is 0.367. The van der Waals surface area contributed by atoms with E-state index in [1.165, 1.54) is 24.8 Å². The number of nitrogens with one attached hydrogen (secondary N) is 1. The van der Waals surface area contributed by atoms with Crippen LogP contribution in [0.2, 0.25) is 0 Å². The predicted molar refractivity (Wildman–Crippen MR) is 121 cm³/mol. The highest BCUT2D eigenvalue weighted by Crippen LogP contribution is 2.03. The largest absolute Gasteiger partial charge is 0.436 e. The Hall–Kier alpha value is -2.96. The summed E-state index contributed by atoms with van der Waals surface area (Å²) >= 11 is 0. The molecular formula is C23H35F2N3O2. The topological polar surface area (TPSA) is 76.7 Å². The Bertz CT molecular complexity index is 656. The first-order valence-corrected chi connectivity index (χ1v) is 9.73. The van der Waals surface area contributed by atoms with Crippen LogP contribution in [0.15, 0.2) is 72.5 Å². The molecule has 1 aromatic rings.